The van der Waals surface area contributed by atoms with Gasteiger partial charge in [-0.1, -0.05) is 30.3 Å². The number of nitrogens with zero attached hydrogens (tertiary/aromatic N) is 1. The van der Waals surface area contributed by atoms with Crippen LogP contribution < -0.4 is 9.04 Å². The first kappa shape index (κ1) is 20.4. The first-order valence-electron chi connectivity index (χ1n) is 8.85. The van der Waals surface area contributed by atoms with Gasteiger partial charge in [0.15, 0.2) is 0 Å². The highest BCUT2D eigenvalue weighted by molar-refractivity contribution is 7.92. The van der Waals surface area contributed by atoms with Crippen molar-refractivity contribution in [3.8, 4) is 5.75 Å². The van der Waals surface area contributed by atoms with E-state index < -0.39 is 16.0 Å². The fourth-order valence-corrected chi connectivity index (χ4v) is 4.27. The van der Waals surface area contributed by atoms with Crippen LogP contribution in [0.1, 0.15) is 15.9 Å². The Kier molecular flexibility index (Phi) is 6.19. The Balaban J connectivity index is 2.02. The van der Waals surface area contributed by atoms with E-state index in [2.05, 4.69) is 4.74 Å². The summed E-state index contributed by atoms with van der Waals surface area (Å²) in [5, 5.41) is 0. The highest BCUT2D eigenvalue weighted by atomic mass is 32.2. The number of anilines is 1. The zero-order valence-corrected chi connectivity index (χ0v) is 16.9. The van der Waals surface area contributed by atoms with E-state index in [9.17, 15) is 13.2 Å². The van der Waals surface area contributed by atoms with Crippen molar-refractivity contribution in [3.05, 3.63) is 90.0 Å². The van der Waals surface area contributed by atoms with Crippen molar-refractivity contribution in [1.82, 2.24) is 0 Å². The Morgan fingerprint density at radius 1 is 0.862 bits per heavy atom. The van der Waals surface area contributed by atoms with Gasteiger partial charge < -0.3 is 9.47 Å². The second-order valence-corrected chi connectivity index (χ2v) is 8.07. The average Bonchev–Trinajstić information content (AvgIpc) is 2.77. The summed E-state index contributed by atoms with van der Waals surface area (Å²) in [4.78, 5) is 11.7. The number of benzene rings is 3. The average molecular weight is 411 g/mol. The summed E-state index contributed by atoms with van der Waals surface area (Å²) in [7, 11) is -1.05. The van der Waals surface area contributed by atoms with Crippen LogP contribution >= 0.6 is 0 Å². The number of hydrogen-bond donors (Lipinski definition) is 0. The number of methoxy groups -OCH3 is 2. The van der Waals surface area contributed by atoms with Crippen molar-refractivity contribution in [1.29, 1.82) is 0 Å². The summed E-state index contributed by atoms with van der Waals surface area (Å²) in [6.07, 6.45) is 0. The quantitative estimate of drug-likeness (QED) is 0.552. The highest BCUT2D eigenvalue weighted by Gasteiger charge is 2.25. The summed E-state index contributed by atoms with van der Waals surface area (Å²) in [5.74, 6) is 0.110. The molecular weight excluding hydrogens is 390 g/mol. The zero-order chi connectivity index (χ0) is 20.9. The van der Waals surface area contributed by atoms with Crippen LogP contribution in [-0.4, -0.2) is 28.6 Å². The molecule has 0 saturated carbocycles. The number of esters is 1. The molecule has 0 aliphatic carbocycles. The molecule has 0 aliphatic rings. The Hall–Kier alpha value is -3.32. The second kappa shape index (κ2) is 8.79. The monoisotopic (exact) mass is 411 g/mol. The molecule has 0 bridgehead atoms. The third-order valence-corrected chi connectivity index (χ3v) is 6.18. The van der Waals surface area contributed by atoms with Gasteiger partial charge in [0.25, 0.3) is 10.0 Å². The lowest BCUT2D eigenvalue weighted by Crippen LogP contribution is -2.30. The van der Waals surface area contributed by atoms with Gasteiger partial charge in [-0.25, -0.2) is 13.2 Å². The SMILES string of the molecule is COC(=O)c1ccc(S(=O)(=O)N(Cc2ccccc2)c2ccc(OC)cc2)cc1. The van der Waals surface area contributed by atoms with Gasteiger partial charge in [0.05, 0.1) is 36.9 Å². The van der Waals surface area contributed by atoms with E-state index in [1.165, 1.54) is 35.7 Å². The van der Waals surface area contributed by atoms with Crippen molar-refractivity contribution in [2.45, 2.75) is 11.4 Å². The molecule has 0 amide bonds. The lowest BCUT2D eigenvalue weighted by atomic mass is 10.2. The smallest absolute Gasteiger partial charge is 0.337 e. The number of carbonyl (C=O) groups is 1. The number of sulfonamides is 1. The van der Waals surface area contributed by atoms with Crippen LogP contribution in [0.3, 0.4) is 0 Å². The Bertz CT molecular complexity index is 1060. The third-order valence-electron chi connectivity index (χ3n) is 4.39. The van der Waals surface area contributed by atoms with Crippen molar-refractivity contribution in [2.75, 3.05) is 18.5 Å². The maximum Gasteiger partial charge on any atom is 0.337 e. The van der Waals surface area contributed by atoms with Gasteiger partial charge in [-0.15, -0.1) is 0 Å². The fraction of sp³-hybridized carbons (Fsp3) is 0.136. The van der Waals surface area contributed by atoms with E-state index in [0.29, 0.717) is 11.4 Å². The largest absolute Gasteiger partial charge is 0.497 e. The topological polar surface area (TPSA) is 72.9 Å². The molecule has 0 aliphatic heterocycles. The summed E-state index contributed by atoms with van der Waals surface area (Å²) in [6, 6.07) is 21.8. The summed E-state index contributed by atoms with van der Waals surface area (Å²) in [5.41, 5.74) is 1.63. The van der Waals surface area contributed by atoms with Crippen LogP contribution in [-0.2, 0) is 21.3 Å². The van der Waals surface area contributed by atoms with Crippen molar-refractivity contribution >= 4 is 21.7 Å². The molecule has 0 spiro atoms. The van der Waals surface area contributed by atoms with E-state index >= 15 is 0 Å². The predicted octanol–water partition coefficient (Wildman–Crippen LogP) is 3.88. The van der Waals surface area contributed by atoms with Crippen LogP contribution in [0, 0.1) is 0 Å². The van der Waals surface area contributed by atoms with Gasteiger partial charge in [0.1, 0.15) is 5.75 Å². The molecule has 7 heteroatoms. The van der Waals surface area contributed by atoms with Gasteiger partial charge in [-0.05, 0) is 54.1 Å². The fourth-order valence-electron chi connectivity index (χ4n) is 2.82. The van der Waals surface area contributed by atoms with Gasteiger partial charge in [-0.3, -0.25) is 4.31 Å². The molecule has 0 heterocycles. The highest BCUT2D eigenvalue weighted by Crippen LogP contribution is 2.28. The molecule has 0 saturated heterocycles. The molecule has 0 unspecified atom stereocenters. The Morgan fingerprint density at radius 2 is 1.48 bits per heavy atom. The standard InChI is InChI=1S/C22H21NO5S/c1-27-20-12-10-19(11-13-20)23(16-17-6-4-3-5-7-17)29(25,26)21-14-8-18(9-15-21)22(24)28-2/h3-15H,16H2,1-2H3. The maximum absolute atomic E-state index is 13.4. The molecule has 3 rings (SSSR count). The lowest BCUT2D eigenvalue weighted by molar-refractivity contribution is 0.0600. The summed E-state index contributed by atoms with van der Waals surface area (Å²) >= 11 is 0. The summed E-state index contributed by atoms with van der Waals surface area (Å²) < 4.78 is 38.0. The maximum atomic E-state index is 13.4. The van der Waals surface area contributed by atoms with Crippen LogP contribution in [0.2, 0.25) is 0 Å². The molecule has 6 nitrogen and oxygen atoms in total. The van der Waals surface area contributed by atoms with E-state index in [4.69, 9.17) is 4.74 Å². The minimum Gasteiger partial charge on any atom is -0.497 e. The van der Waals surface area contributed by atoms with E-state index in [-0.39, 0.29) is 17.0 Å². The number of rotatable bonds is 7. The number of ether oxygens (including phenoxy) is 2. The number of carbonyl (C=O) groups excluding carboxylic acids is 1. The van der Waals surface area contributed by atoms with E-state index in [1.807, 2.05) is 30.3 Å². The first-order valence-corrected chi connectivity index (χ1v) is 10.3. The van der Waals surface area contributed by atoms with Gasteiger partial charge in [0, 0.05) is 0 Å². The lowest BCUT2D eigenvalue weighted by Gasteiger charge is -2.25. The molecule has 0 radical (unpaired) electrons. The number of hydrogen-bond acceptors (Lipinski definition) is 5. The van der Waals surface area contributed by atoms with E-state index in [1.54, 1.807) is 31.4 Å². The Morgan fingerprint density at radius 3 is 2.03 bits per heavy atom. The van der Waals surface area contributed by atoms with Gasteiger partial charge in [-0.2, -0.15) is 0 Å². The molecule has 3 aromatic rings. The van der Waals surface area contributed by atoms with Crippen LogP contribution in [0.15, 0.2) is 83.8 Å². The molecule has 150 valence electrons. The predicted molar refractivity (Wildman–Crippen MR) is 111 cm³/mol. The van der Waals surface area contributed by atoms with Gasteiger partial charge in [0.2, 0.25) is 0 Å². The second-order valence-electron chi connectivity index (χ2n) is 6.21. The van der Waals surface area contributed by atoms with Crippen molar-refractivity contribution < 1.29 is 22.7 Å². The Labute approximate surface area is 170 Å². The van der Waals surface area contributed by atoms with Gasteiger partial charge >= 0.3 is 5.97 Å². The first-order chi connectivity index (χ1) is 14.0. The minimum absolute atomic E-state index is 0.0805. The van der Waals surface area contributed by atoms with Crippen LogP contribution in [0.4, 0.5) is 5.69 Å². The molecule has 3 aromatic carbocycles. The molecule has 0 N–H and O–H groups in total. The summed E-state index contributed by atoms with van der Waals surface area (Å²) in [6.45, 7) is 0.161. The normalized spacial score (nSPS) is 11.0. The van der Waals surface area contributed by atoms with Crippen molar-refractivity contribution in [2.24, 2.45) is 0 Å². The minimum atomic E-state index is -3.88. The third kappa shape index (κ3) is 4.57. The van der Waals surface area contributed by atoms with Crippen molar-refractivity contribution in [3.63, 3.8) is 0 Å². The van der Waals surface area contributed by atoms with Crippen LogP contribution in [0.25, 0.3) is 0 Å². The zero-order valence-electron chi connectivity index (χ0n) is 16.1. The molecule has 0 atom stereocenters. The molecular formula is C22H21NO5S. The molecule has 29 heavy (non-hydrogen) atoms. The van der Waals surface area contributed by atoms with E-state index in [0.717, 1.165) is 5.56 Å². The van der Waals surface area contributed by atoms with Crippen LogP contribution in [0.5, 0.6) is 5.75 Å². The molecule has 0 fully saturated rings. The molecule has 0 aromatic heterocycles.